The highest BCUT2D eigenvalue weighted by Crippen LogP contribution is 2.11. The molecule has 4 nitrogen and oxygen atoms in total. The van der Waals surface area contributed by atoms with E-state index in [-0.39, 0.29) is 18.6 Å². The van der Waals surface area contributed by atoms with Crippen LogP contribution in [0.1, 0.15) is 25.3 Å². The van der Waals surface area contributed by atoms with Crippen molar-refractivity contribution in [3.05, 3.63) is 29.8 Å². The smallest absolute Gasteiger partial charge is 0.224 e. The molecule has 4 heteroatoms. The summed E-state index contributed by atoms with van der Waals surface area (Å²) in [6, 6.07) is 7.22. The van der Waals surface area contributed by atoms with Gasteiger partial charge in [-0.05, 0) is 31.5 Å². The van der Waals surface area contributed by atoms with Crippen molar-refractivity contribution >= 4 is 11.6 Å². The van der Waals surface area contributed by atoms with Gasteiger partial charge in [-0.25, -0.2) is 0 Å². The zero-order chi connectivity index (χ0) is 14.1. The van der Waals surface area contributed by atoms with E-state index in [2.05, 4.69) is 17.2 Å². The third kappa shape index (κ3) is 6.05. The van der Waals surface area contributed by atoms with Gasteiger partial charge in [0.1, 0.15) is 6.61 Å². The first-order valence-corrected chi connectivity index (χ1v) is 6.18. The first-order chi connectivity index (χ1) is 9.15. The van der Waals surface area contributed by atoms with Crippen LogP contribution in [0.15, 0.2) is 24.3 Å². The molecule has 0 spiro atoms. The molecule has 0 saturated carbocycles. The summed E-state index contributed by atoms with van der Waals surface area (Å²) in [4.78, 5) is 11.7. The summed E-state index contributed by atoms with van der Waals surface area (Å²) < 4.78 is 5.09. The molecule has 0 aliphatic rings. The van der Waals surface area contributed by atoms with E-state index in [1.54, 1.807) is 13.2 Å². The van der Waals surface area contributed by atoms with Gasteiger partial charge in [-0.1, -0.05) is 17.9 Å². The summed E-state index contributed by atoms with van der Waals surface area (Å²) in [6.07, 6.45) is 1.18. The summed E-state index contributed by atoms with van der Waals surface area (Å²) in [5.74, 6) is 5.32. The number of aliphatic hydroxyl groups excluding tert-OH is 1. The van der Waals surface area contributed by atoms with Crippen LogP contribution in [0.4, 0.5) is 5.69 Å². The highest BCUT2D eigenvalue weighted by atomic mass is 16.5. The van der Waals surface area contributed by atoms with Crippen LogP contribution in [0.3, 0.4) is 0 Å². The van der Waals surface area contributed by atoms with Gasteiger partial charge in [0.15, 0.2) is 0 Å². The monoisotopic (exact) mass is 261 g/mol. The van der Waals surface area contributed by atoms with E-state index in [9.17, 15) is 4.79 Å². The topological polar surface area (TPSA) is 58.6 Å². The average molecular weight is 261 g/mol. The number of hydrogen-bond donors (Lipinski definition) is 2. The fourth-order valence-electron chi connectivity index (χ4n) is 1.49. The maximum atomic E-state index is 11.7. The quantitative estimate of drug-likeness (QED) is 0.794. The highest BCUT2D eigenvalue weighted by Gasteiger charge is 2.06. The summed E-state index contributed by atoms with van der Waals surface area (Å²) >= 11 is 0. The van der Waals surface area contributed by atoms with E-state index in [1.165, 1.54) is 0 Å². The lowest BCUT2D eigenvalue weighted by atomic mass is 10.2. The summed E-state index contributed by atoms with van der Waals surface area (Å²) in [7, 11) is 1.63. The van der Waals surface area contributed by atoms with E-state index >= 15 is 0 Å². The molecule has 1 unspecified atom stereocenters. The van der Waals surface area contributed by atoms with Gasteiger partial charge < -0.3 is 15.2 Å². The lowest BCUT2D eigenvalue weighted by Crippen LogP contribution is -2.15. The predicted molar refractivity (Wildman–Crippen MR) is 74.7 cm³/mol. The molecule has 102 valence electrons. The molecule has 0 fully saturated rings. The lowest BCUT2D eigenvalue weighted by Gasteiger charge is -2.09. The van der Waals surface area contributed by atoms with E-state index in [0.29, 0.717) is 18.5 Å². The number of methoxy groups -OCH3 is 1. The molecular weight excluding hydrogens is 242 g/mol. The molecule has 0 saturated heterocycles. The molecule has 1 aromatic carbocycles. The van der Waals surface area contributed by atoms with Crippen molar-refractivity contribution in [3.8, 4) is 11.8 Å². The van der Waals surface area contributed by atoms with Crippen LogP contribution in [0.2, 0.25) is 0 Å². The van der Waals surface area contributed by atoms with E-state index < -0.39 is 0 Å². The Bertz CT molecular complexity index is 474. The molecule has 0 aliphatic heterocycles. The molecule has 19 heavy (non-hydrogen) atoms. The molecule has 0 aliphatic carbocycles. The second-order valence-corrected chi connectivity index (χ2v) is 4.17. The minimum absolute atomic E-state index is 0.0452. The Labute approximate surface area is 113 Å². The second kappa shape index (κ2) is 8.30. The maximum absolute atomic E-state index is 11.7. The average Bonchev–Trinajstić information content (AvgIpc) is 2.43. The molecule has 0 aromatic heterocycles. The number of benzene rings is 1. The van der Waals surface area contributed by atoms with Gasteiger partial charge in [-0.2, -0.15) is 0 Å². The number of rotatable bonds is 5. The Hall–Kier alpha value is -1.83. The summed E-state index contributed by atoms with van der Waals surface area (Å²) in [5, 5.41) is 11.4. The van der Waals surface area contributed by atoms with Crippen LogP contribution in [0.25, 0.3) is 0 Å². The van der Waals surface area contributed by atoms with Crippen LogP contribution in [0.5, 0.6) is 0 Å². The first-order valence-electron chi connectivity index (χ1n) is 6.18. The number of carbonyl (C=O) groups excluding carboxylic acids is 1. The Kier molecular flexibility index (Phi) is 6.65. The molecule has 1 rings (SSSR count). The largest absolute Gasteiger partial charge is 0.384 e. The summed E-state index contributed by atoms with van der Waals surface area (Å²) in [6.45, 7) is 1.75. The van der Waals surface area contributed by atoms with Gasteiger partial charge in [0.05, 0.1) is 6.10 Å². The number of carbonyl (C=O) groups is 1. The van der Waals surface area contributed by atoms with Crippen molar-refractivity contribution in [2.45, 2.75) is 25.9 Å². The fourth-order valence-corrected chi connectivity index (χ4v) is 1.49. The molecule has 2 N–H and O–H groups in total. The van der Waals surface area contributed by atoms with Crippen molar-refractivity contribution in [2.24, 2.45) is 0 Å². The number of ether oxygens (including phenoxy) is 1. The van der Waals surface area contributed by atoms with Crippen molar-refractivity contribution in [1.29, 1.82) is 0 Å². The molecule has 1 amide bonds. The molecular formula is C15H19NO3. The Balaban J connectivity index is 2.54. The molecule has 0 heterocycles. The standard InChI is InChI=1S/C15H19NO3/c1-12(19-2)8-9-15(18)16-14-7-3-5-13(11-14)6-4-10-17/h3,5,7,11-12,17H,8-10H2,1-2H3,(H,16,18). The third-order valence-corrected chi connectivity index (χ3v) is 2.64. The Morgan fingerprint density at radius 2 is 2.32 bits per heavy atom. The number of aliphatic hydroxyl groups is 1. The van der Waals surface area contributed by atoms with Crippen molar-refractivity contribution in [2.75, 3.05) is 19.0 Å². The second-order valence-electron chi connectivity index (χ2n) is 4.17. The zero-order valence-electron chi connectivity index (χ0n) is 11.3. The van der Waals surface area contributed by atoms with Crippen LogP contribution in [0, 0.1) is 11.8 Å². The number of amides is 1. The molecule has 1 aromatic rings. The van der Waals surface area contributed by atoms with Gasteiger partial charge in [-0.15, -0.1) is 0 Å². The molecule has 0 bridgehead atoms. The number of anilines is 1. The van der Waals surface area contributed by atoms with E-state index in [4.69, 9.17) is 9.84 Å². The van der Waals surface area contributed by atoms with E-state index in [1.807, 2.05) is 25.1 Å². The lowest BCUT2D eigenvalue weighted by molar-refractivity contribution is -0.116. The normalized spacial score (nSPS) is 11.3. The first kappa shape index (κ1) is 15.2. The van der Waals surface area contributed by atoms with Crippen LogP contribution >= 0.6 is 0 Å². The third-order valence-electron chi connectivity index (χ3n) is 2.64. The molecule has 1 atom stereocenters. The van der Waals surface area contributed by atoms with Gasteiger partial charge in [0.2, 0.25) is 5.91 Å². The van der Waals surface area contributed by atoms with Crippen LogP contribution in [-0.2, 0) is 9.53 Å². The van der Waals surface area contributed by atoms with Crippen molar-refractivity contribution in [1.82, 2.24) is 0 Å². The zero-order valence-corrected chi connectivity index (χ0v) is 11.3. The van der Waals surface area contributed by atoms with Gasteiger partial charge in [-0.3, -0.25) is 4.79 Å². The predicted octanol–water partition coefficient (Wildman–Crippen LogP) is 1.78. The minimum atomic E-state index is -0.175. The molecule has 0 radical (unpaired) electrons. The van der Waals surface area contributed by atoms with Gasteiger partial charge >= 0.3 is 0 Å². The Morgan fingerprint density at radius 3 is 3.00 bits per heavy atom. The fraction of sp³-hybridized carbons (Fsp3) is 0.400. The number of nitrogens with one attached hydrogen (secondary N) is 1. The SMILES string of the molecule is COC(C)CCC(=O)Nc1cccc(C#CCO)c1. The number of hydrogen-bond acceptors (Lipinski definition) is 3. The van der Waals surface area contributed by atoms with Crippen molar-refractivity contribution < 1.29 is 14.6 Å². The van der Waals surface area contributed by atoms with E-state index in [0.717, 1.165) is 5.56 Å². The van der Waals surface area contributed by atoms with Gasteiger partial charge in [0.25, 0.3) is 0 Å². The van der Waals surface area contributed by atoms with Crippen LogP contribution in [-0.4, -0.2) is 30.8 Å². The maximum Gasteiger partial charge on any atom is 0.224 e. The van der Waals surface area contributed by atoms with Crippen molar-refractivity contribution in [3.63, 3.8) is 0 Å². The van der Waals surface area contributed by atoms with Gasteiger partial charge in [0, 0.05) is 24.8 Å². The highest BCUT2D eigenvalue weighted by molar-refractivity contribution is 5.90. The summed E-state index contributed by atoms with van der Waals surface area (Å²) in [5.41, 5.74) is 1.47. The minimum Gasteiger partial charge on any atom is -0.384 e. The Morgan fingerprint density at radius 1 is 1.53 bits per heavy atom. The van der Waals surface area contributed by atoms with Crippen LogP contribution < -0.4 is 5.32 Å².